The van der Waals surface area contributed by atoms with Crippen LogP contribution in [0, 0.1) is 0 Å². The Hall–Kier alpha value is -3.50. The summed E-state index contributed by atoms with van der Waals surface area (Å²) in [6.45, 7) is 4.98. The summed E-state index contributed by atoms with van der Waals surface area (Å²) in [6.07, 6.45) is 0.948. The van der Waals surface area contributed by atoms with Gasteiger partial charge >= 0.3 is 5.69 Å². The number of aromatic nitrogens is 2. The fourth-order valence-electron chi connectivity index (χ4n) is 4.90. The molecule has 0 unspecified atom stereocenters. The van der Waals surface area contributed by atoms with E-state index < -0.39 is 5.91 Å². The van der Waals surface area contributed by atoms with Crippen molar-refractivity contribution in [1.29, 1.82) is 0 Å². The molecule has 1 aromatic heterocycles. The predicted octanol–water partition coefficient (Wildman–Crippen LogP) is 2.00. The third kappa shape index (κ3) is 4.54. The van der Waals surface area contributed by atoms with Crippen LogP contribution in [0.4, 0.5) is 17.2 Å². The second-order valence-corrected chi connectivity index (χ2v) is 10.3. The number of rotatable bonds is 6. The molecule has 0 spiro atoms. The Morgan fingerprint density at radius 2 is 1.61 bits per heavy atom. The largest absolute Gasteiger partial charge is 0.366 e. The van der Waals surface area contributed by atoms with Crippen LogP contribution in [0.2, 0.25) is 0 Å². The molecule has 0 bridgehead atoms. The molecule has 0 atom stereocenters. The van der Waals surface area contributed by atoms with E-state index in [-0.39, 0.29) is 11.2 Å². The van der Waals surface area contributed by atoms with Crippen molar-refractivity contribution in [2.24, 2.45) is 19.8 Å². The lowest BCUT2D eigenvalue weighted by atomic mass is 10.1. The lowest BCUT2D eigenvalue weighted by molar-refractivity contribution is 0.1000. The highest BCUT2D eigenvalue weighted by Crippen LogP contribution is 2.48. The van der Waals surface area contributed by atoms with E-state index in [1.807, 2.05) is 24.3 Å². The summed E-state index contributed by atoms with van der Waals surface area (Å²) in [5.41, 5.74) is 7.65. The summed E-state index contributed by atoms with van der Waals surface area (Å²) in [5.74, 6) is 0.250. The van der Waals surface area contributed by atoms with Crippen LogP contribution in [0.3, 0.4) is 0 Å². The number of hydrogen-bond donors (Lipinski definition) is 1. The maximum Gasteiger partial charge on any atom is 0.332 e. The van der Waals surface area contributed by atoms with Gasteiger partial charge in [-0.05, 0) is 43.3 Å². The quantitative estimate of drug-likeness (QED) is 0.546. The normalized spacial score (nSPS) is 15.5. The highest BCUT2D eigenvalue weighted by molar-refractivity contribution is 7.99. The molecule has 1 fully saturated rings. The number of nitrogens with two attached hydrogens (primary N) is 1. The maximum absolute atomic E-state index is 12.3. The SMILES string of the molecule is Cn1c(N2CCN(CCCN3c4ccccc4Sc4ccc(C(N)=O)cc43)CC2)cc(=O)n(C)c1=O. The molecule has 36 heavy (non-hydrogen) atoms. The van der Waals surface area contributed by atoms with Crippen LogP contribution < -0.4 is 26.8 Å². The zero-order valence-electron chi connectivity index (χ0n) is 20.5. The molecule has 0 radical (unpaired) electrons. The third-order valence-corrected chi connectivity index (χ3v) is 8.09. The number of para-hydroxylation sites is 1. The standard InChI is InChI=1S/C26H30N6O3S/c1-28-23(17-24(33)29(2)26(28)35)31-14-12-30(13-15-31)10-5-11-32-19-6-3-4-7-21(19)36-22-9-8-18(25(27)34)16-20(22)32/h3-4,6-9,16-17H,5,10-15H2,1-2H3,(H2,27,34). The molecule has 1 saturated heterocycles. The van der Waals surface area contributed by atoms with E-state index in [0.29, 0.717) is 11.4 Å². The van der Waals surface area contributed by atoms with E-state index in [0.717, 1.165) is 66.5 Å². The summed E-state index contributed by atoms with van der Waals surface area (Å²) in [7, 11) is 3.21. The van der Waals surface area contributed by atoms with Gasteiger partial charge in [-0.1, -0.05) is 23.9 Å². The van der Waals surface area contributed by atoms with Gasteiger partial charge in [0.05, 0.1) is 11.4 Å². The zero-order chi connectivity index (χ0) is 25.4. The van der Waals surface area contributed by atoms with Gasteiger partial charge in [-0.25, -0.2) is 4.79 Å². The minimum atomic E-state index is -0.423. The van der Waals surface area contributed by atoms with Crippen molar-refractivity contribution in [1.82, 2.24) is 14.0 Å². The van der Waals surface area contributed by atoms with Gasteiger partial charge in [-0.15, -0.1) is 0 Å². The molecular weight excluding hydrogens is 476 g/mol. The van der Waals surface area contributed by atoms with Crippen LogP contribution >= 0.6 is 11.8 Å². The molecule has 9 nitrogen and oxygen atoms in total. The average Bonchev–Trinajstić information content (AvgIpc) is 2.89. The molecule has 2 aromatic carbocycles. The van der Waals surface area contributed by atoms with Gasteiger partial charge in [0.25, 0.3) is 5.56 Å². The smallest absolute Gasteiger partial charge is 0.332 e. The first-order valence-corrected chi connectivity index (χ1v) is 12.9. The van der Waals surface area contributed by atoms with E-state index in [1.54, 1.807) is 35.5 Å². The van der Waals surface area contributed by atoms with Crippen molar-refractivity contribution in [3.8, 4) is 0 Å². The van der Waals surface area contributed by atoms with Crippen LogP contribution in [-0.2, 0) is 14.1 Å². The number of anilines is 3. The Morgan fingerprint density at radius 1 is 0.889 bits per heavy atom. The average molecular weight is 507 g/mol. The van der Waals surface area contributed by atoms with Crippen molar-refractivity contribution in [2.45, 2.75) is 16.2 Å². The summed E-state index contributed by atoms with van der Waals surface area (Å²) in [6, 6.07) is 15.5. The molecule has 10 heteroatoms. The number of hydrogen-bond acceptors (Lipinski definition) is 7. The second kappa shape index (κ2) is 9.87. The van der Waals surface area contributed by atoms with Crippen molar-refractivity contribution in [2.75, 3.05) is 49.1 Å². The van der Waals surface area contributed by atoms with E-state index in [9.17, 15) is 14.4 Å². The Morgan fingerprint density at radius 3 is 2.36 bits per heavy atom. The summed E-state index contributed by atoms with van der Waals surface area (Å²) in [5, 5.41) is 0. The summed E-state index contributed by atoms with van der Waals surface area (Å²) >= 11 is 1.71. The van der Waals surface area contributed by atoms with Gasteiger partial charge in [0.2, 0.25) is 5.91 Å². The molecule has 2 N–H and O–H groups in total. The van der Waals surface area contributed by atoms with Gasteiger partial charge in [0.15, 0.2) is 0 Å². The molecule has 3 aromatic rings. The Kier molecular flexibility index (Phi) is 6.63. The maximum atomic E-state index is 12.3. The first-order chi connectivity index (χ1) is 17.3. The van der Waals surface area contributed by atoms with Crippen LogP contribution in [0.15, 0.2) is 67.9 Å². The topological polar surface area (TPSA) is 96.8 Å². The Labute approximate surface area is 213 Å². The highest BCUT2D eigenvalue weighted by atomic mass is 32.2. The Bertz CT molecular complexity index is 1420. The molecule has 0 aliphatic carbocycles. The zero-order valence-corrected chi connectivity index (χ0v) is 21.3. The second-order valence-electron chi connectivity index (χ2n) is 9.19. The minimum absolute atomic E-state index is 0.282. The first kappa shape index (κ1) is 24.2. The van der Waals surface area contributed by atoms with E-state index >= 15 is 0 Å². The summed E-state index contributed by atoms with van der Waals surface area (Å²) in [4.78, 5) is 45.4. The fraction of sp³-hybridized carbons (Fsp3) is 0.346. The number of amides is 1. The van der Waals surface area contributed by atoms with Crippen molar-refractivity contribution < 1.29 is 4.79 Å². The monoisotopic (exact) mass is 506 g/mol. The number of nitrogens with zero attached hydrogens (tertiary/aromatic N) is 5. The van der Waals surface area contributed by atoms with E-state index in [4.69, 9.17) is 5.73 Å². The molecule has 3 heterocycles. The van der Waals surface area contributed by atoms with Gasteiger partial charge < -0.3 is 15.5 Å². The highest BCUT2D eigenvalue weighted by Gasteiger charge is 2.25. The molecule has 2 aliphatic rings. The number of piperazine rings is 1. The van der Waals surface area contributed by atoms with Crippen LogP contribution in [-0.4, -0.2) is 59.2 Å². The molecular formula is C26H30N6O3S. The lowest BCUT2D eigenvalue weighted by Crippen LogP contribution is -2.49. The van der Waals surface area contributed by atoms with E-state index in [2.05, 4.69) is 26.8 Å². The van der Waals surface area contributed by atoms with Crippen molar-refractivity contribution >= 4 is 34.9 Å². The fourth-order valence-corrected chi connectivity index (χ4v) is 5.98. The number of fused-ring (bicyclic) bond motifs is 2. The van der Waals surface area contributed by atoms with Crippen LogP contribution in [0.5, 0.6) is 0 Å². The van der Waals surface area contributed by atoms with Crippen LogP contribution in [0.1, 0.15) is 16.8 Å². The van der Waals surface area contributed by atoms with E-state index in [1.165, 1.54) is 11.9 Å². The number of primary amides is 1. The summed E-state index contributed by atoms with van der Waals surface area (Å²) < 4.78 is 2.67. The molecule has 2 aliphatic heterocycles. The molecule has 1 amide bonds. The molecule has 0 saturated carbocycles. The molecule has 5 rings (SSSR count). The third-order valence-electron chi connectivity index (χ3n) is 6.96. The molecule has 188 valence electrons. The van der Waals surface area contributed by atoms with Gasteiger partial charge in [-0.2, -0.15) is 0 Å². The van der Waals surface area contributed by atoms with Gasteiger partial charge in [0.1, 0.15) is 5.82 Å². The number of carbonyl (C=O) groups excluding carboxylic acids is 1. The minimum Gasteiger partial charge on any atom is -0.366 e. The van der Waals surface area contributed by atoms with Crippen LogP contribution in [0.25, 0.3) is 0 Å². The number of benzene rings is 2. The van der Waals surface area contributed by atoms with Gasteiger partial charge in [-0.3, -0.25) is 23.6 Å². The first-order valence-electron chi connectivity index (χ1n) is 12.1. The number of carbonyl (C=O) groups is 1. The Balaban J connectivity index is 1.25. The lowest BCUT2D eigenvalue weighted by Gasteiger charge is -2.37. The van der Waals surface area contributed by atoms with Gasteiger partial charge in [0, 0.05) is 68.2 Å². The predicted molar refractivity (Wildman–Crippen MR) is 143 cm³/mol. The van der Waals surface area contributed by atoms with Crippen molar-refractivity contribution in [3.05, 3.63) is 74.9 Å². The van der Waals surface area contributed by atoms with Crippen molar-refractivity contribution in [3.63, 3.8) is 0 Å².